The van der Waals surface area contributed by atoms with E-state index in [1.54, 1.807) is 17.1 Å². The Hall–Kier alpha value is -2.16. The van der Waals surface area contributed by atoms with Crippen LogP contribution in [0.25, 0.3) is 0 Å². The van der Waals surface area contributed by atoms with Crippen LogP contribution in [-0.2, 0) is 9.53 Å². The van der Waals surface area contributed by atoms with Crippen molar-refractivity contribution in [2.24, 2.45) is 5.92 Å². The number of hydrogen-bond acceptors (Lipinski definition) is 6. The molecule has 3 unspecified atom stereocenters. The Bertz CT molecular complexity index is 718. The van der Waals surface area contributed by atoms with Crippen LogP contribution in [0.3, 0.4) is 0 Å². The van der Waals surface area contributed by atoms with E-state index >= 15 is 0 Å². The van der Waals surface area contributed by atoms with Crippen molar-refractivity contribution in [2.75, 3.05) is 40.3 Å². The third kappa shape index (κ3) is 18.1. The molecule has 0 aliphatic heterocycles. The summed E-state index contributed by atoms with van der Waals surface area (Å²) >= 11 is 0. The number of ether oxygens (including phenoxy) is 1. The number of carbonyl (C=O) groups excluding carboxylic acids is 2. The number of nitro groups is 1. The normalized spacial score (nSPS) is 18.4. The Morgan fingerprint density at radius 3 is 1.93 bits per heavy atom. The van der Waals surface area contributed by atoms with Crippen LogP contribution in [-0.4, -0.2) is 79.6 Å². The number of amides is 2. The Balaban J connectivity index is 2.28. The molecule has 0 bridgehead atoms. The zero-order valence-corrected chi connectivity index (χ0v) is 26.4. The molecule has 0 saturated heterocycles. The average molecular weight is 581 g/mol. The van der Waals surface area contributed by atoms with Gasteiger partial charge in [-0.05, 0) is 46.0 Å². The molecule has 0 spiro atoms. The highest BCUT2D eigenvalue weighted by Crippen LogP contribution is 2.27. The first-order chi connectivity index (χ1) is 19.9. The second kappa shape index (κ2) is 24.4. The van der Waals surface area contributed by atoms with Crippen molar-refractivity contribution in [1.82, 2.24) is 15.1 Å². The molecule has 2 amide bonds. The van der Waals surface area contributed by atoms with Gasteiger partial charge in [-0.2, -0.15) is 0 Å². The van der Waals surface area contributed by atoms with Gasteiger partial charge < -0.3 is 19.9 Å². The highest BCUT2D eigenvalue weighted by Gasteiger charge is 2.42. The summed E-state index contributed by atoms with van der Waals surface area (Å²) in [5.74, 6) is -0.311. The van der Waals surface area contributed by atoms with Crippen molar-refractivity contribution < 1.29 is 19.2 Å². The van der Waals surface area contributed by atoms with Crippen LogP contribution in [0.5, 0.6) is 0 Å². The third-order valence-corrected chi connectivity index (χ3v) is 8.12. The molecule has 0 heterocycles. The summed E-state index contributed by atoms with van der Waals surface area (Å²) in [5, 5.41) is 14.5. The number of carbonyl (C=O) groups is 2. The first-order valence-corrected chi connectivity index (χ1v) is 16.5. The largest absolute Gasteiger partial charge is 0.449 e. The fourth-order valence-electron chi connectivity index (χ4n) is 5.69. The number of nitrogens with zero attached hydrogens (tertiary/aromatic N) is 3. The fourth-order valence-corrected chi connectivity index (χ4v) is 5.69. The molecule has 0 aromatic heterocycles. The fraction of sp³-hybridized carbons (Fsp3) is 0.875. The lowest BCUT2D eigenvalue weighted by atomic mass is 9.85. The standard InChI is InChI=1S/C32H60N4O5/c1-4-5-6-7-8-9-10-11-12-13-14-15-16-17-18-19-26-35(28-37)31-29(22-20-23-30(31)36(39)40)27-41-32(38)33-24-21-25-34(2)3/h20,23,28-31H,4-19,21-22,24-27H2,1-3H3,(H,33,38). The SMILES string of the molecule is CCCCCCCCCCCCCCCCCCN(C=O)C1C(COC(=O)NCCCN(C)C)CC=CC1[N+](=O)[O-]. The maximum atomic E-state index is 12.1. The minimum atomic E-state index is -0.994. The lowest BCUT2D eigenvalue weighted by Crippen LogP contribution is -2.53. The quantitative estimate of drug-likeness (QED) is 0.0389. The molecule has 0 fully saturated rings. The highest BCUT2D eigenvalue weighted by molar-refractivity contribution is 5.67. The van der Waals surface area contributed by atoms with Gasteiger partial charge in [0, 0.05) is 23.9 Å². The van der Waals surface area contributed by atoms with E-state index in [1.807, 2.05) is 19.0 Å². The van der Waals surface area contributed by atoms with Crippen LogP contribution in [0.4, 0.5) is 4.79 Å². The van der Waals surface area contributed by atoms with E-state index in [0.717, 1.165) is 38.6 Å². The Morgan fingerprint density at radius 2 is 1.44 bits per heavy atom. The van der Waals surface area contributed by atoms with Crippen LogP contribution in [0.15, 0.2) is 12.2 Å². The molecule has 238 valence electrons. The molecular weight excluding hydrogens is 520 g/mol. The topological polar surface area (TPSA) is 105 Å². The molecular formula is C32H60N4O5. The maximum absolute atomic E-state index is 12.1. The van der Waals surface area contributed by atoms with E-state index in [4.69, 9.17) is 4.74 Å². The molecule has 0 saturated carbocycles. The van der Waals surface area contributed by atoms with E-state index in [1.165, 1.54) is 83.5 Å². The first kappa shape index (κ1) is 36.9. The van der Waals surface area contributed by atoms with Crippen LogP contribution < -0.4 is 5.32 Å². The van der Waals surface area contributed by atoms with Crippen molar-refractivity contribution in [3.05, 3.63) is 22.3 Å². The van der Waals surface area contributed by atoms with Crippen LogP contribution in [0, 0.1) is 16.0 Å². The molecule has 0 aromatic carbocycles. The van der Waals surface area contributed by atoms with E-state index < -0.39 is 18.2 Å². The summed E-state index contributed by atoms with van der Waals surface area (Å²) in [6.45, 7) is 4.15. The minimum absolute atomic E-state index is 0.0438. The van der Waals surface area contributed by atoms with Gasteiger partial charge in [-0.1, -0.05) is 109 Å². The number of hydrogen-bond donors (Lipinski definition) is 1. The highest BCUT2D eigenvalue weighted by atomic mass is 16.6. The van der Waals surface area contributed by atoms with Crippen LogP contribution >= 0.6 is 0 Å². The lowest BCUT2D eigenvalue weighted by Gasteiger charge is -2.36. The monoisotopic (exact) mass is 580 g/mol. The van der Waals surface area contributed by atoms with Gasteiger partial charge in [0.2, 0.25) is 6.41 Å². The molecule has 41 heavy (non-hydrogen) atoms. The Morgan fingerprint density at radius 1 is 0.902 bits per heavy atom. The van der Waals surface area contributed by atoms with E-state index in [-0.39, 0.29) is 17.4 Å². The number of unbranched alkanes of at least 4 members (excludes halogenated alkanes) is 15. The van der Waals surface area contributed by atoms with Crippen LogP contribution in [0.2, 0.25) is 0 Å². The van der Waals surface area contributed by atoms with Gasteiger partial charge in [0.25, 0.3) is 6.04 Å². The van der Waals surface area contributed by atoms with Gasteiger partial charge in [-0.15, -0.1) is 0 Å². The second-order valence-corrected chi connectivity index (χ2v) is 12.0. The van der Waals surface area contributed by atoms with Crippen molar-refractivity contribution in [3.63, 3.8) is 0 Å². The Kier molecular flexibility index (Phi) is 22.0. The summed E-state index contributed by atoms with van der Waals surface area (Å²) in [6, 6.07) is -1.61. The molecule has 0 aromatic rings. The molecule has 0 radical (unpaired) electrons. The summed E-state index contributed by atoms with van der Waals surface area (Å²) in [7, 11) is 3.94. The molecule has 1 rings (SSSR count). The third-order valence-electron chi connectivity index (χ3n) is 8.12. The van der Waals surface area contributed by atoms with Gasteiger partial charge in [-0.25, -0.2) is 4.79 Å². The number of alkyl carbamates (subject to hydrolysis) is 1. The van der Waals surface area contributed by atoms with E-state index in [2.05, 4.69) is 12.2 Å². The second-order valence-electron chi connectivity index (χ2n) is 12.0. The summed E-state index contributed by atoms with van der Waals surface area (Å²) < 4.78 is 5.41. The van der Waals surface area contributed by atoms with E-state index in [0.29, 0.717) is 19.5 Å². The summed E-state index contributed by atoms with van der Waals surface area (Å²) in [4.78, 5) is 39.3. The Labute approximate surface area is 250 Å². The van der Waals surface area contributed by atoms with Gasteiger partial charge >= 0.3 is 6.09 Å². The van der Waals surface area contributed by atoms with Gasteiger partial charge in [0.1, 0.15) is 6.04 Å². The number of nitrogens with one attached hydrogen (secondary N) is 1. The molecule has 1 aliphatic rings. The predicted octanol–water partition coefficient (Wildman–Crippen LogP) is 6.97. The van der Waals surface area contributed by atoms with Crippen molar-refractivity contribution in [3.8, 4) is 0 Å². The summed E-state index contributed by atoms with van der Waals surface area (Å²) in [6.07, 6.45) is 25.3. The predicted molar refractivity (Wildman–Crippen MR) is 167 cm³/mol. The van der Waals surface area contributed by atoms with Crippen molar-refractivity contribution in [2.45, 2.75) is 135 Å². The maximum Gasteiger partial charge on any atom is 0.407 e. The zero-order valence-electron chi connectivity index (χ0n) is 26.4. The van der Waals surface area contributed by atoms with Crippen LogP contribution in [0.1, 0.15) is 122 Å². The first-order valence-electron chi connectivity index (χ1n) is 16.5. The minimum Gasteiger partial charge on any atom is -0.449 e. The molecule has 1 N–H and O–H groups in total. The van der Waals surface area contributed by atoms with Gasteiger partial charge in [-0.3, -0.25) is 14.9 Å². The zero-order chi connectivity index (χ0) is 30.1. The molecule has 3 atom stereocenters. The average Bonchev–Trinajstić information content (AvgIpc) is 2.95. The van der Waals surface area contributed by atoms with Crippen molar-refractivity contribution >= 4 is 12.5 Å². The molecule has 9 nitrogen and oxygen atoms in total. The molecule has 1 aliphatic carbocycles. The smallest absolute Gasteiger partial charge is 0.407 e. The lowest BCUT2D eigenvalue weighted by molar-refractivity contribution is -0.519. The number of allylic oxidation sites excluding steroid dienone is 1. The van der Waals surface area contributed by atoms with Gasteiger partial charge in [0.05, 0.1) is 6.61 Å². The molecule has 9 heteroatoms. The van der Waals surface area contributed by atoms with Gasteiger partial charge in [0.15, 0.2) is 0 Å². The van der Waals surface area contributed by atoms with Crippen molar-refractivity contribution in [1.29, 1.82) is 0 Å². The summed E-state index contributed by atoms with van der Waals surface area (Å²) in [5.41, 5.74) is 0. The number of rotatable bonds is 26. The van der Waals surface area contributed by atoms with E-state index in [9.17, 15) is 19.7 Å².